The van der Waals surface area contributed by atoms with Crippen molar-refractivity contribution < 1.29 is 0 Å². The molecule has 0 aliphatic rings. The fraction of sp³-hybridized carbons (Fsp3) is 0.0556. The minimum Gasteiger partial charge on any atom is -0.342 e. The van der Waals surface area contributed by atoms with Crippen LogP contribution in [0.1, 0.15) is 5.82 Å². The molecule has 2 N–H and O–H groups in total. The zero-order valence-electron chi connectivity index (χ0n) is 12.6. The summed E-state index contributed by atoms with van der Waals surface area (Å²) in [5, 5.41) is 3.21. The maximum absolute atomic E-state index is 4.43. The molecule has 0 saturated heterocycles. The minimum absolute atomic E-state index is 0.766. The molecule has 0 fully saturated rings. The predicted octanol–water partition coefficient (Wildman–Crippen LogP) is 4.07. The fourth-order valence-electron chi connectivity index (χ4n) is 2.56. The first kappa shape index (κ1) is 13.5. The number of aromatic amines is 1. The normalized spacial score (nSPS) is 10.8. The lowest BCUT2D eigenvalue weighted by atomic mass is 10.1. The number of H-pyrrole nitrogens is 1. The van der Waals surface area contributed by atoms with E-state index in [0.29, 0.717) is 0 Å². The zero-order valence-corrected chi connectivity index (χ0v) is 12.6. The molecule has 5 nitrogen and oxygen atoms in total. The Bertz CT molecular complexity index is 959. The van der Waals surface area contributed by atoms with Crippen molar-refractivity contribution in [1.29, 1.82) is 0 Å². The standard InChI is InChI=1S/C18H15N5/c1-12-21-15-6-5-13(10-16(15)22-12)14-7-9-20-18(11-14)23-17-4-2-3-8-19-17/h2-11H,1H3,(H,21,22)(H,19,20,23). The molecular weight excluding hydrogens is 286 g/mol. The van der Waals surface area contributed by atoms with Gasteiger partial charge in [0, 0.05) is 12.4 Å². The van der Waals surface area contributed by atoms with Crippen LogP contribution in [0.25, 0.3) is 22.2 Å². The van der Waals surface area contributed by atoms with Crippen molar-refractivity contribution in [2.45, 2.75) is 6.92 Å². The third-order valence-electron chi connectivity index (χ3n) is 3.61. The Labute approximate surface area is 133 Å². The summed E-state index contributed by atoms with van der Waals surface area (Å²) in [6.45, 7) is 1.96. The van der Waals surface area contributed by atoms with Gasteiger partial charge in [-0.1, -0.05) is 12.1 Å². The molecule has 4 rings (SSSR count). The highest BCUT2D eigenvalue weighted by Gasteiger charge is 2.05. The zero-order chi connectivity index (χ0) is 15.6. The number of fused-ring (bicyclic) bond motifs is 1. The quantitative estimate of drug-likeness (QED) is 0.598. The maximum Gasteiger partial charge on any atom is 0.132 e. The Balaban J connectivity index is 1.69. The molecule has 0 amide bonds. The molecule has 0 spiro atoms. The van der Waals surface area contributed by atoms with E-state index in [9.17, 15) is 0 Å². The first-order chi connectivity index (χ1) is 11.3. The number of pyridine rings is 2. The second kappa shape index (κ2) is 5.53. The van der Waals surface area contributed by atoms with Crippen LogP contribution in [0.2, 0.25) is 0 Å². The largest absolute Gasteiger partial charge is 0.342 e. The highest BCUT2D eigenvalue weighted by molar-refractivity contribution is 5.82. The average Bonchev–Trinajstić information content (AvgIpc) is 2.95. The lowest BCUT2D eigenvalue weighted by Crippen LogP contribution is -1.95. The van der Waals surface area contributed by atoms with Crippen molar-refractivity contribution in [3.8, 4) is 11.1 Å². The molecule has 3 aromatic heterocycles. The van der Waals surface area contributed by atoms with E-state index in [1.165, 1.54) is 0 Å². The number of nitrogens with zero attached hydrogens (tertiary/aromatic N) is 3. The van der Waals surface area contributed by atoms with Crippen LogP contribution in [0.3, 0.4) is 0 Å². The van der Waals surface area contributed by atoms with Gasteiger partial charge in [-0.15, -0.1) is 0 Å². The summed E-state index contributed by atoms with van der Waals surface area (Å²) in [5.74, 6) is 2.46. The predicted molar refractivity (Wildman–Crippen MR) is 91.6 cm³/mol. The highest BCUT2D eigenvalue weighted by Crippen LogP contribution is 2.25. The molecule has 0 saturated carbocycles. The summed E-state index contributed by atoms with van der Waals surface area (Å²) in [5.41, 5.74) is 4.23. The van der Waals surface area contributed by atoms with Gasteiger partial charge in [0.05, 0.1) is 11.0 Å². The second-order valence-electron chi connectivity index (χ2n) is 5.32. The van der Waals surface area contributed by atoms with Crippen molar-refractivity contribution in [2.24, 2.45) is 0 Å². The lowest BCUT2D eigenvalue weighted by Gasteiger charge is -2.07. The van der Waals surface area contributed by atoms with Crippen LogP contribution in [0.5, 0.6) is 0 Å². The fourth-order valence-corrected chi connectivity index (χ4v) is 2.56. The van der Waals surface area contributed by atoms with Crippen LogP contribution in [-0.2, 0) is 0 Å². The van der Waals surface area contributed by atoms with Crippen LogP contribution >= 0.6 is 0 Å². The summed E-state index contributed by atoms with van der Waals surface area (Å²) in [6.07, 6.45) is 3.55. The number of aryl methyl sites for hydroxylation is 1. The number of hydrogen-bond acceptors (Lipinski definition) is 4. The van der Waals surface area contributed by atoms with Gasteiger partial charge in [0.1, 0.15) is 17.5 Å². The van der Waals surface area contributed by atoms with Gasteiger partial charge in [0.2, 0.25) is 0 Å². The number of nitrogens with one attached hydrogen (secondary N) is 2. The van der Waals surface area contributed by atoms with Crippen LogP contribution in [0, 0.1) is 6.92 Å². The van der Waals surface area contributed by atoms with E-state index >= 15 is 0 Å². The Hall–Kier alpha value is -3.21. The van der Waals surface area contributed by atoms with Gasteiger partial charge in [0.25, 0.3) is 0 Å². The Kier molecular flexibility index (Phi) is 3.24. The van der Waals surface area contributed by atoms with Crippen LogP contribution in [0.4, 0.5) is 11.6 Å². The topological polar surface area (TPSA) is 66.5 Å². The number of benzene rings is 1. The maximum atomic E-state index is 4.43. The smallest absolute Gasteiger partial charge is 0.132 e. The molecule has 0 bridgehead atoms. The minimum atomic E-state index is 0.766. The summed E-state index contributed by atoms with van der Waals surface area (Å²) < 4.78 is 0. The number of anilines is 2. The van der Waals surface area contributed by atoms with Crippen LogP contribution < -0.4 is 5.32 Å². The van der Waals surface area contributed by atoms with E-state index in [2.05, 4.69) is 37.4 Å². The van der Waals surface area contributed by atoms with Crippen LogP contribution in [-0.4, -0.2) is 19.9 Å². The monoisotopic (exact) mass is 301 g/mol. The van der Waals surface area contributed by atoms with Gasteiger partial charge in [-0.25, -0.2) is 15.0 Å². The van der Waals surface area contributed by atoms with E-state index < -0.39 is 0 Å². The van der Waals surface area contributed by atoms with Gasteiger partial charge < -0.3 is 10.3 Å². The van der Waals surface area contributed by atoms with Gasteiger partial charge in [-0.05, 0) is 54.4 Å². The first-order valence-corrected chi connectivity index (χ1v) is 7.39. The Morgan fingerprint density at radius 1 is 0.870 bits per heavy atom. The molecule has 112 valence electrons. The molecule has 1 aromatic carbocycles. The Morgan fingerprint density at radius 2 is 1.74 bits per heavy atom. The molecular formula is C18H15N5. The van der Waals surface area contributed by atoms with Crippen molar-refractivity contribution in [2.75, 3.05) is 5.32 Å². The second-order valence-corrected chi connectivity index (χ2v) is 5.32. The third kappa shape index (κ3) is 2.76. The van der Waals surface area contributed by atoms with Crippen molar-refractivity contribution in [1.82, 2.24) is 19.9 Å². The Morgan fingerprint density at radius 3 is 2.61 bits per heavy atom. The van der Waals surface area contributed by atoms with Gasteiger partial charge >= 0.3 is 0 Å². The lowest BCUT2D eigenvalue weighted by molar-refractivity contribution is 1.17. The average molecular weight is 301 g/mol. The molecule has 0 atom stereocenters. The number of hydrogen-bond donors (Lipinski definition) is 2. The number of imidazole rings is 1. The summed E-state index contributed by atoms with van der Waals surface area (Å²) in [7, 11) is 0. The summed E-state index contributed by atoms with van der Waals surface area (Å²) in [4.78, 5) is 16.3. The van der Waals surface area contributed by atoms with E-state index in [-0.39, 0.29) is 0 Å². The third-order valence-corrected chi connectivity index (χ3v) is 3.61. The summed E-state index contributed by atoms with van der Waals surface area (Å²) in [6, 6.07) is 15.9. The molecule has 0 radical (unpaired) electrons. The van der Waals surface area contributed by atoms with Crippen molar-refractivity contribution in [3.63, 3.8) is 0 Å². The molecule has 0 unspecified atom stereocenters. The van der Waals surface area contributed by atoms with Gasteiger partial charge in [-0.2, -0.15) is 0 Å². The van der Waals surface area contributed by atoms with Gasteiger partial charge in [-0.3, -0.25) is 0 Å². The molecule has 4 aromatic rings. The van der Waals surface area contributed by atoms with Crippen molar-refractivity contribution >= 4 is 22.7 Å². The van der Waals surface area contributed by atoms with E-state index in [1.807, 2.05) is 43.3 Å². The molecule has 0 aliphatic carbocycles. The molecule has 3 heterocycles. The molecule has 23 heavy (non-hydrogen) atoms. The van der Waals surface area contributed by atoms with Gasteiger partial charge in [0.15, 0.2) is 0 Å². The van der Waals surface area contributed by atoms with E-state index in [1.54, 1.807) is 12.4 Å². The molecule has 5 heteroatoms. The summed E-state index contributed by atoms with van der Waals surface area (Å²) >= 11 is 0. The number of aromatic nitrogens is 4. The van der Waals surface area contributed by atoms with E-state index in [0.717, 1.165) is 39.6 Å². The number of rotatable bonds is 3. The SMILES string of the molecule is Cc1nc2ccc(-c3ccnc(Nc4ccccn4)c3)cc2[nH]1. The van der Waals surface area contributed by atoms with Crippen molar-refractivity contribution in [3.05, 3.63) is 66.7 Å². The van der Waals surface area contributed by atoms with Crippen LogP contribution in [0.15, 0.2) is 60.9 Å². The van der Waals surface area contributed by atoms with E-state index in [4.69, 9.17) is 0 Å². The molecule has 0 aliphatic heterocycles. The highest BCUT2D eigenvalue weighted by atomic mass is 15.0. The first-order valence-electron chi connectivity index (χ1n) is 7.39.